The van der Waals surface area contributed by atoms with Crippen molar-refractivity contribution >= 4 is 22.4 Å². The van der Waals surface area contributed by atoms with Gasteiger partial charge in [0.15, 0.2) is 0 Å². The van der Waals surface area contributed by atoms with E-state index in [1.807, 2.05) is 18.2 Å². The van der Waals surface area contributed by atoms with Crippen molar-refractivity contribution in [1.82, 2.24) is 0 Å². The van der Waals surface area contributed by atoms with E-state index in [-0.39, 0.29) is 0 Å². The van der Waals surface area contributed by atoms with Crippen LogP contribution in [-0.2, 0) is 10.8 Å². The van der Waals surface area contributed by atoms with Crippen LogP contribution in [0.3, 0.4) is 0 Å². The zero-order valence-electron chi connectivity index (χ0n) is 5.74. The number of halogens is 1. The standard InChI is InChI=1S/C8H7ClOS/c9-6-7-11(10)8-4-2-1-3-5-8/h1-7H. The van der Waals surface area contributed by atoms with Crippen molar-refractivity contribution in [1.29, 1.82) is 0 Å². The van der Waals surface area contributed by atoms with E-state index in [2.05, 4.69) is 0 Å². The Hall–Kier alpha value is -0.600. The maximum atomic E-state index is 11.2. The Labute approximate surface area is 73.1 Å². The van der Waals surface area contributed by atoms with Crippen molar-refractivity contribution in [3.05, 3.63) is 41.3 Å². The van der Waals surface area contributed by atoms with Crippen LogP contribution in [0.5, 0.6) is 0 Å². The second-order valence-electron chi connectivity index (χ2n) is 1.87. The molecule has 0 aromatic heterocycles. The first-order valence-electron chi connectivity index (χ1n) is 3.07. The summed E-state index contributed by atoms with van der Waals surface area (Å²) in [5, 5.41) is 1.44. The average molecular weight is 187 g/mol. The van der Waals surface area contributed by atoms with Crippen molar-refractivity contribution in [2.24, 2.45) is 0 Å². The van der Waals surface area contributed by atoms with E-state index < -0.39 is 10.8 Å². The molecule has 1 aromatic carbocycles. The first-order valence-corrected chi connectivity index (χ1v) is 4.72. The van der Waals surface area contributed by atoms with E-state index >= 15 is 0 Å². The van der Waals surface area contributed by atoms with Crippen LogP contribution in [0.4, 0.5) is 0 Å². The Morgan fingerprint density at radius 1 is 1.27 bits per heavy atom. The Balaban J connectivity index is 2.86. The maximum Gasteiger partial charge on any atom is 0.0784 e. The van der Waals surface area contributed by atoms with Gasteiger partial charge in [-0.05, 0) is 12.1 Å². The van der Waals surface area contributed by atoms with Gasteiger partial charge in [0.2, 0.25) is 0 Å². The highest BCUT2D eigenvalue weighted by atomic mass is 35.5. The highest BCUT2D eigenvalue weighted by Gasteiger charge is 1.95. The molecule has 0 aliphatic heterocycles. The average Bonchev–Trinajstić information content (AvgIpc) is 2.07. The lowest BCUT2D eigenvalue weighted by atomic mass is 10.4. The summed E-state index contributed by atoms with van der Waals surface area (Å²) in [4.78, 5) is 0.768. The summed E-state index contributed by atoms with van der Waals surface area (Å²) in [7, 11) is -1.10. The predicted octanol–water partition coefficient (Wildman–Crippen LogP) is 2.50. The Morgan fingerprint density at radius 2 is 1.91 bits per heavy atom. The highest BCUT2D eigenvalue weighted by molar-refractivity contribution is 7.88. The summed E-state index contributed by atoms with van der Waals surface area (Å²) in [6.45, 7) is 0. The van der Waals surface area contributed by atoms with E-state index in [1.54, 1.807) is 12.1 Å². The van der Waals surface area contributed by atoms with Crippen LogP contribution in [0.2, 0.25) is 0 Å². The second-order valence-corrected chi connectivity index (χ2v) is 3.46. The minimum absolute atomic E-state index is 0.768. The van der Waals surface area contributed by atoms with Gasteiger partial charge in [0.1, 0.15) is 0 Å². The molecule has 0 spiro atoms. The molecule has 0 radical (unpaired) electrons. The van der Waals surface area contributed by atoms with Gasteiger partial charge < -0.3 is 0 Å². The van der Waals surface area contributed by atoms with Gasteiger partial charge in [-0.25, -0.2) is 4.21 Å². The van der Waals surface area contributed by atoms with Gasteiger partial charge in [-0.15, -0.1) is 0 Å². The summed E-state index contributed by atoms with van der Waals surface area (Å²) >= 11 is 5.27. The summed E-state index contributed by atoms with van der Waals surface area (Å²) in [6.07, 6.45) is 0. The highest BCUT2D eigenvalue weighted by Crippen LogP contribution is 2.06. The lowest BCUT2D eigenvalue weighted by molar-refractivity contribution is 0.688. The normalized spacial score (nSPS) is 13.5. The van der Waals surface area contributed by atoms with E-state index in [1.165, 1.54) is 10.9 Å². The first kappa shape index (κ1) is 8.50. The molecule has 0 fully saturated rings. The molecule has 58 valence electrons. The van der Waals surface area contributed by atoms with Crippen LogP contribution < -0.4 is 0 Å². The van der Waals surface area contributed by atoms with E-state index in [9.17, 15) is 4.21 Å². The Bertz CT molecular complexity index is 269. The Kier molecular flexibility index (Phi) is 3.33. The first-order chi connectivity index (χ1) is 5.34. The monoisotopic (exact) mass is 186 g/mol. The molecule has 1 aromatic rings. The molecule has 0 aliphatic carbocycles. The number of hydrogen-bond donors (Lipinski definition) is 0. The quantitative estimate of drug-likeness (QED) is 0.694. The summed E-state index contributed by atoms with van der Waals surface area (Å²) < 4.78 is 11.2. The topological polar surface area (TPSA) is 17.1 Å². The zero-order valence-corrected chi connectivity index (χ0v) is 7.31. The molecular formula is C8H7ClOS. The Morgan fingerprint density at radius 3 is 2.45 bits per heavy atom. The van der Waals surface area contributed by atoms with Crippen molar-refractivity contribution in [3.8, 4) is 0 Å². The fourth-order valence-electron chi connectivity index (χ4n) is 0.680. The number of benzene rings is 1. The molecule has 1 nitrogen and oxygen atoms in total. The third-order valence-electron chi connectivity index (χ3n) is 1.15. The molecule has 1 unspecified atom stereocenters. The summed E-state index contributed by atoms with van der Waals surface area (Å²) in [6, 6.07) is 9.16. The number of rotatable bonds is 2. The molecule has 0 heterocycles. The van der Waals surface area contributed by atoms with Gasteiger partial charge in [-0.3, -0.25) is 0 Å². The van der Waals surface area contributed by atoms with Gasteiger partial charge in [0.05, 0.1) is 10.8 Å². The molecule has 0 saturated carbocycles. The predicted molar refractivity (Wildman–Crippen MR) is 47.8 cm³/mol. The molecule has 0 saturated heterocycles. The van der Waals surface area contributed by atoms with Gasteiger partial charge in [-0.2, -0.15) is 0 Å². The van der Waals surface area contributed by atoms with Gasteiger partial charge in [0.25, 0.3) is 0 Å². The van der Waals surface area contributed by atoms with Crippen LogP contribution in [-0.4, -0.2) is 4.21 Å². The maximum absolute atomic E-state index is 11.2. The van der Waals surface area contributed by atoms with Crippen molar-refractivity contribution in [2.75, 3.05) is 0 Å². The van der Waals surface area contributed by atoms with E-state index in [4.69, 9.17) is 11.6 Å². The lowest BCUT2D eigenvalue weighted by Gasteiger charge is -1.92. The minimum atomic E-state index is -1.10. The fraction of sp³-hybridized carbons (Fsp3) is 0. The molecular weight excluding hydrogens is 180 g/mol. The molecule has 0 bridgehead atoms. The minimum Gasteiger partial charge on any atom is -0.250 e. The van der Waals surface area contributed by atoms with Crippen LogP contribution in [0.15, 0.2) is 46.2 Å². The van der Waals surface area contributed by atoms with E-state index in [0.29, 0.717) is 0 Å². The second kappa shape index (κ2) is 4.31. The number of hydrogen-bond acceptors (Lipinski definition) is 1. The van der Waals surface area contributed by atoms with Gasteiger partial charge in [-0.1, -0.05) is 29.8 Å². The third kappa shape index (κ3) is 2.48. The van der Waals surface area contributed by atoms with Crippen molar-refractivity contribution in [3.63, 3.8) is 0 Å². The molecule has 0 amide bonds. The van der Waals surface area contributed by atoms with Crippen LogP contribution in [0, 0.1) is 0 Å². The van der Waals surface area contributed by atoms with Crippen LogP contribution >= 0.6 is 11.6 Å². The molecule has 11 heavy (non-hydrogen) atoms. The molecule has 0 N–H and O–H groups in total. The SMILES string of the molecule is O=S(C=CCl)c1ccccc1. The smallest absolute Gasteiger partial charge is 0.0784 e. The molecule has 3 heteroatoms. The zero-order chi connectivity index (χ0) is 8.10. The van der Waals surface area contributed by atoms with Crippen LogP contribution in [0.25, 0.3) is 0 Å². The lowest BCUT2D eigenvalue weighted by Crippen LogP contribution is -1.83. The summed E-state index contributed by atoms with van der Waals surface area (Å²) in [5.74, 6) is 0. The largest absolute Gasteiger partial charge is 0.250 e. The van der Waals surface area contributed by atoms with E-state index in [0.717, 1.165) is 4.90 Å². The molecule has 1 rings (SSSR count). The van der Waals surface area contributed by atoms with Gasteiger partial charge in [0, 0.05) is 15.8 Å². The molecule has 0 aliphatic rings. The van der Waals surface area contributed by atoms with Crippen molar-refractivity contribution in [2.45, 2.75) is 4.90 Å². The van der Waals surface area contributed by atoms with Gasteiger partial charge >= 0.3 is 0 Å². The van der Waals surface area contributed by atoms with Crippen molar-refractivity contribution < 1.29 is 4.21 Å². The third-order valence-corrected chi connectivity index (χ3v) is 2.55. The fourth-order valence-corrected chi connectivity index (χ4v) is 1.64. The summed E-state index contributed by atoms with van der Waals surface area (Å²) in [5.41, 5.74) is 1.27. The van der Waals surface area contributed by atoms with Crippen LogP contribution in [0.1, 0.15) is 0 Å². The molecule has 1 atom stereocenters.